The van der Waals surface area contributed by atoms with Gasteiger partial charge in [0.25, 0.3) is 0 Å². The van der Waals surface area contributed by atoms with Crippen LogP contribution in [0.25, 0.3) is 10.9 Å². The van der Waals surface area contributed by atoms with E-state index >= 15 is 0 Å². The summed E-state index contributed by atoms with van der Waals surface area (Å²) in [6.07, 6.45) is 2.14. The minimum absolute atomic E-state index is 0.220. The Morgan fingerprint density at radius 1 is 1.48 bits per heavy atom. The van der Waals surface area contributed by atoms with E-state index in [4.69, 9.17) is 21.2 Å². The number of nitrogens with zero attached hydrogens (tertiary/aromatic N) is 1. The molecule has 1 aromatic heterocycles. The maximum absolute atomic E-state index is 11.8. The summed E-state index contributed by atoms with van der Waals surface area (Å²) in [5.74, 6) is -0.699. The minimum atomic E-state index is -1.14. The van der Waals surface area contributed by atoms with Gasteiger partial charge in [0.2, 0.25) is 6.10 Å². The molecule has 0 spiro atoms. The van der Waals surface area contributed by atoms with E-state index < -0.39 is 18.2 Å². The Morgan fingerprint density at radius 3 is 2.88 bits per heavy atom. The van der Waals surface area contributed by atoms with Gasteiger partial charge in [-0.25, -0.2) is 4.79 Å². The summed E-state index contributed by atoms with van der Waals surface area (Å²) in [5.41, 5.74) is 3.32. The first-order valence-corrected chi connectivity index (χ1v) is 8.73. The summed E-state index contributed by atoms with van der Waals surface area (Å²) in [7, 11) is 0. The predicted octanol–water partition coefficient (Wildman–Crippen LogP) is 3.57. The first-order valence-electron chi connectivity index (χ1n) is 8.35. The van der Waals surface area contributed by atoms with Crippen LogP contribution in [0.2, 0.25) is 5.02 Å². The Balaban J connectivity index is 1.89. The van der Waals surface area contributed by atoms with Crippen molar-refractivity contribution in [3.05, 3.63) is 35.5 Å². The van der Waals surface area contributed by atoms with Gasteiger partial charge in [-0.1, -0.05) is 25.4 Å². The van der Waals surface area contributed by atoms with Crippen LogP contribution in [0.5, 0.6) is 5.75 Å². The molecule has 7 heteroatoms. The summed E-state index contributed by atoms with van der Waals surface area (Å²) in [6, 6.07) is 6.91. The molecule has 2 unspecified atom stereocenters. The number of fused-ring (bicyclic) bond motifs is 1. The second kappa shape index (κ2) is 7.15. The molecule has 0 bridgehead atoms. The standard InChI is InChI=1S/C18H21ClN2O4/c1-3-18(4-2)10-14(25-21-18)16(17(22)23)24-13-8-7-12(19)11-6-5-9-20-15(11)13/h5-9,14,16,21H,3-4,10H2,1-2H3,(H,22,23). The lowest BCUT2D eigenvalue weighted by atomic mass is 9.87. The number of carboxylic acids is 1. The highest BCUT2D eigenvalue weighted by atomic mass is 35.5. The molecule has 25 heavy (non-hydrogen) atoms. The molecule has 1 saturated heterocycles. The first-order chi connectivity index (χ1) is 12.0. The molecular weight excluding hydrogens is 344 g/mol. The number of hydrogen-bond donors (Lipinski definition) is 2. The Bertz CT molecular complexity index is 779. The maximum atomic E-state index is 11.8. The highest BCUT2D eigenvalue weighted by Gasteiger charge is 2.44. The van der Waals surface area contributed by atoms with Crippen LogP contribution in [0.3, 0.4) is 0 Å². The van der Waals surface area contributed by atoms with Crippen molar-refractivity contribution in [1.82, 2.24) is 10.5 Å². The Hall–Kier alpha value is -1.89. The van der Waals surface area contributed by atoms with Crippen LogP contribution < -0.4 is 10.2 Å². The number of nitrogens with one attached hydrogen (secondary N) is 1. The lowest BCUT2D eigenvalue weighted by molar-refractivity contribution is -0.153. The van der Waals surface area contributed by atoms with Crippen LogP contribution in [0.1, 0.15) is 33.1 Å². The van der Waals surface area contributed by atoms with Gasteiger partial charge in [0, 0.05) is 23.5 Å². The molecule has 1 fully saturated rings. The second-order valence-electron chi connectivity index (χ2n) is 6.27. The van der Waals surface area contributed by atoms with Crippen LogP contribution in [0, 0.1) is 0 Å². The fourth-order valence-electron chi connectivity index (χ4n) is 3.15. The number of hydrogen-bond acceptors (Lipinski definition) is 5. The number of carbonyl (C=O) groups is 1. The monoisotopic (exact) mass is 364 g/mol. The maximum Gasteiger partial charge on any atom is 0.347 e. The molecule has 0 amide bonds. The van der Waals surface area contributed by atoms with Crippen LogP contribution >= 0.6 is 11.6 Å². The number of carboxylic acid groups (broad SMARTS) is 1. The fraction of sp³-hybridized carbons (Fsp3) is 0.444. The van der Waals surface area contributed by atoms with Crippen molar-refractivity contribution in [1.29, 1.82) is 0 Å². The molecule has 0 saturated carbocycles. The predicted molar refractivity (Wildman–Crippen MR) is 94.7 cm³/mol. The van der Waals surface area contributed by atoms with Crippen molar-refractivity contribution in [2.75, 3.05) is 0 Å². The number of aliphatic carboxylic acids is 1. The largest absolute Gasteiger partial charge is 0.478 e. The zero-order valence-electron chi connectivity index (χ0n) is 14.2. The van der Waals surface area contributed by atoms with Crippen molar-refractivity contribution in [3.8, 4) is 5.75 Å². The topological polar surface area (TPSA) is 80.7 Å². The van der Waals surface area contributed by atoms with Gasteiger partial charge in [0.1, 0.15) is 17.4 Å². The Morgan fingerprint density at radius 2 is 2.24 bits per heavy atom. The minimum Gasteiger partial charge on any atom is -0.478 e. The van der Waals surface area contributed by atoms with Crippen molar-refractivity contribution in [3.63, 3.8) is 0 Å². The molecule has 3 rings (SSSR count). The summed E-state index contributed by atoms with van der Waals surface area (Å²) >= 11 is 6.18. The number of pyridine rings is 1. The average molecular weight is 365 g/mol. The summed E-state index contributed by atoms with van der Waals surface area (Å²) in [4.78, 5) is 21.7. The van der Waals surface area contributed by atoms with E-state index in [-0.39, 0.29) is 5.54 Å². The molecule has 1 aliphatic rings. The molecule has 2 N–H and O–H groups in total. The number of halogens is 1. The third kappa shape index (κ3) is 3.42. The molecule has 0 radical (unpaired) electrons. The van der Waals surface area contributed by atoms with Gasteiger partial charge in [-0.2, -0.15) is 5.48 Å². The molecule has 2 heterocycles. The zero-order valence-corrected chi connectivity index (χ0v) is 14.9. The molecule has 6 nitrogen and oxygen atoms in total. The van der Waals surface area contributed by atoms with E-state index in [1.54, 1.807) is 24.4 Å². The van der Waals surface area contributed by atoms with E-state index in [2.05, 4.69) is 24.3 Å². The Kier molecular flexibility index (Phi) is 5.13. The number of benzene rings is 1. The highest BCUT2D eigenvalue weighted by Crippen LogP contribution is 2.34. The normalized spacial score (nSPS) is 20.5. The molecule has 134 valence electrons. The lowest BCUT2D eigenvalue weighted by Gasteiger charge is -2.24. The van der Waals surface area contributed by atoms with E-state index in [0.717, 1.165) is 12.8 Å². The molecular formula is C18H21ClN2O4. The van der Waals surface area contributed by atoms with Crippen molar-refractivity contribution in [2.45, 2.75) is 50.9 Å². The fourth-order valence-corrected chi connectivity index (χ4v) is 3.37. The number of rotatable bonds is 6. The van der Waals surface area contributed by atoms with Crippen molar-refractivity contribution >= 4 is 28.5 Å². The summed E-state index contributed by atoms with van der Waals surface area (Å²) < 4.78 is 5.82. The third-order valence-corrected chi connectivity index (χ3v) is 5.22. The van der Waals surface area contributed by atoms with E-state index in [1.807, 2.05) is 6.07 Å². The number of aromatic nitrogens is 1. The molecule has 1 aliphatic heterocycles. The average Bonchev–Trinajstić information content (AvgIpc) is 3.06. The highest BCUT2D eigenvalue weighted by molar-refractivity contribution is 6.35. The molecule has 2 atom stereocenters. The lowest BCUT2D eigenvalue weighted by Crippen LogP contribution is -2.40. The van der Waals surface area contributed by atoms with Crippen molar-refractivity contribution < 1.29 is 19.5 Å². The van der Waals surface area contributed by atoms with Gasteiger partial charge in [-0.15, -0.1) is 0 Å². The van der Waals surface area contributed by atoms with Crippen LogP contribution in [0.4, 0.5) is 0 Å². The third-order valence-electron chi connectivity index (χ3n) is 4.89. The SMILES string of the molecule is CCC1(CC)CC(C(Oc2ccc(Cl)c3cccnc23)C(=O)O)ON1. The zero-order chi connectivity index (χ0) is 18.0. The van der Waals surface area contributed by atoms with Gasteiger partial charge >= 0.3 is 5.97 Å². The summed E-state index contributed by atoms with van der Waals surface area (Å²) in [6.45, 7) is 4.10. The van der Waals surface area contributed by atoms with Gasteiger partial charge in [0.05, 0.1) is 5.02 Å². The summed E-state index contributed by atoms with van der Waals surface area (Å²) in [5, 5.41) is 10.9. The van der Waals surface area contributed by atoms with Gasteiger partial charge in [-0.05, 0) is 37.1 Å². The molecule has 1 aromatic carbocycles. The molecule has 0 aliphatic carbocycles. The quantitative estimate of drug-likeness (QED) is 0.815. The van der Waals surface area contributed by atoms with E-state index in [9.17, 15) is 9.90 Å². The molecule has 2 aromatic rings. The smallest absolute Gasteiger partial charge is 0.347 e. The van der Waals surface area contributed by atoms with Gasteiger partial charge in [0.15, 0.2) is 0 Å². The second-order valence-corrected chi connectivity index (χ2v) is 6.68. The number of hydroxylamine groups is 1. The van der Waals surface area contributed by atoms with Gasteiger partial charge < -0.3 is 9.84 Å². The Labute approximate surface area is 151 Å². The van der Waals surface area contributed by atoms with E-state index in [0.29, 0.717) is 28.1 Å². The first kappa shape index (κ1) is 17.9. The van der Waals surface area contributed by atoms with Crippen molar-refractivity contribution in [2.24, 2.45) is 0 Å². The van der Waals surface area contributed by atoms with Crippen LogP contribution in [-0.4, -0.2) is 33.8 Å². The number of ether oxygens (including phenoxy) is 1. The van der Waals surface area contributed by atoms with Crippen LogP contribution in [-0.2, 0) is 9.63 Å². The van der Waals surface area contributed by atoms with Gasteiger partial charge in [-0.3, -0.25) is 9.82 Å². The van der Waals surface area contributed by atoms with E-state index in [1.165, 1.54) is 0 Å². The van der Waals surface area contributed by atoms with Crippen LogP contribution in [0.15, 0.2) is 30.5 Å².